The Morgan fingerprint density at radius 1 is 1.11 bits per heavy atom. The van der Waals surface area contributed by atoms with Gasteiger partial charge in [-0.25, -0.2) is 9.78 Å². The molecule has 4 rings (SSSR count). The van der Waals surface area contributed by atoms with Crippen molar-refractivity contribution < 1.29 is 9.90 Å². The Bertz CT molecular complexity index is 946. The number of rotatable bonds is 4. The van der Waals surface area contributed by atoms with Gasteiger partial charge in [-0.2, -0.15) is 0 Å². The Morgan fingerprint density at radius 2 is 1.93 bits per heavy atom. The summed E-state index contributed by atoms with van der Waals surface area (Å²) in [5, 5.41) is 13.5. The number of amides is 1. The first kappa shape index (κ1) is 17.3. The van der Waals surface area contributed by atoms with Gasteiger partial charge in [0, 0.05) is 43.0 Å². The first-order chi connectivity index (χ1) is 13.2. The molecule has 138 valence electrons. The number of hydrogen-bond acceptors (Lipinski definition) is 4. The number of hydrogen-bond donors (Lipinski definition) is 2. The van der Waals surface area contributed by atoms with Crippen LogP contribution in [0.5, 0.6) is 0 Å². The zero-order valence-corrected chi connectivity index (χ0v) is 15.0. The number of nitrogens with zero attached hydrogens (tertiary/aromatic N) is 3. The van der Waals surface area contributed by atoms with E-state index in [9.17, 15) is 4.79 Å². The lowest BCUT2D eigenvalue weighted by Gasteiger charge is -2.32. The highest BCUT2D eigenvalue weighted by atomic mass is 16.4. The van der Waals surface area contributed by atoms with Crippen molar-refractivity contribution in [3.8, 4) is 11.3 Å². The minimum Gasteiger partial charge on any atom is -0.465 e. The van der Waals surface area contributed by atoms with Gasteiger partial charge in [-0.1, -0.05) is 30.3 Å². The van der Waals surface area contributed by atoms with E-state index in [1.165, 1.54) is 0 Å². The van der Waals surface area contributed by atoms with Gasteiger partial charge in [0.15, 0.2) is 0 Å². The van der Waals surface area contributed by atoms with Gasteiger partial charge in [-0.3, -0.25) is 4.98 Å². The summed E-state index contributed by atoms with van der Waals surface area (Å²) in [6.07, 6.45) is 4.72. The van der Waals surface area contributed by atoms with E-state index < -0.39 is 6.09 Å². The summed E-state index contributed by atoms with van der Waals surface area (Å²) >= 11 is 0. The van der Waals surface area contributed by atoms with Crippen molar-refractivity contribution in [2.45, 2.75) is 12.8 Å². The maximum atomic E-state index is 10.7. The van der Waals surface area contributed by atoms with E-state index in [-0.39, 0.29) is 0 Å². The molecular formula is C21H22N4O2. The number of carbonyl (C=O) groups is 1. The van der Waals surface area contributed by atoms with Crippen LogP contribution in [0.1, 0.15) is 12.8 Å². The van der Waals surface area contributed by atoms with Crippen LogP contribution in [-0.2, 0) is 0 Å². The highest BCUT2D eigenvalue weighted by Gasteiger charge is 2.21. The summed E-state index contributed by atoms with van der Waals surface area (Å²) in [6.45, 7) is 2.30. The van der Waals surface area contributed by atoms with Crippen molar-refractivity contribution in [2.75, 3.05) is 24.5 Å². The van der Waals surface area contributed by atoms with Crippen LogP contribution in [0.25, 0.3) is 22.0 Å². The summed E-state index contributed by atoms with van der Waals surface area (Å²) < 4.78 is 0. The second-order valence-corrected chi connectivity index (χ2v) is 6.91. The molecule has 1 saturated heterocycles. The average molecular weight is 362 g/mol. The molecule has 0 aliphatic carbocycles. The quantitative estimate of drug-likeness (QED) is 0.738. The molecule has 6 heteroatoms. The van der Waals surface area contributed by atoms with Gasteiger partial charge in [-0.15, -0.1) is 0 Å². The molecule has 1 aliphatic heterocycles. The third kappa shape index (κ3) is 3.84. The normalized spacial score (nSPS) is 15.0. The number of benzene rings is 1. The van der Waals surface area contributed by atoms with Crippen molar-refractivity contribution in [3.63, 3.8) is 0 Å². The van der Waals surface area contributed by atoms with Crippen LogP contribution < -0.4 is 10.2 Å². The second kappa shape index (κ2) is 7.61. The van der Waals surface area contributed by atoms with E-state index >= 15 is 0 Å². The third-order valence-electron chi connectivity index (χ3n) is 5.16. The average Bonchev–Trinajstić information content (AvgIpc) is 2.72. The predicted octanol–water partition coefficient (Wildman–Crippen LogP) is 3.78. The molecule has 0 atom stereocenters. The van der Waals surface area contributed by atoms with Crippen LogP contribution in [0.3, 0.4) is 0 Å². The van der Waals surface area contributed by atoms with E-state index in [2.05, 4.69) is 27.3 Å². The van der Waals surface area contributed by atoms with Gasteiger partial charge in [-0.05, 0) is 36.3 Å². The minimum atomic E-state index is -0.949. The van der Waals surface area contributed by atoms with Crippen molar-refractivity contribution in [1.29, 1.82) is 0 Å². The number of nitrogens with one attached hydrogen (secondary N) is 1. The van der Waals surface area contributed by atoms with Crippen LogP contribution in [0.4, 0.5) is 10.6 Å². The lowest BCUT2D eigenvalue weighted by molar-refractivity contribution is 0.191. The molecule has 3 heterocycles. The molecule has 2 N–H and O–H groups in total. The van der Waals surface area contributed by atoms with E-state index in [0.29, 0.717) is 12.5 Å². The fourth-order valence-electron chi connectivity index (χ4n) is 3.67. The van der Waals surface area contributed by atoms with E-state index in [1.54, 1.807) is 0 Å². The smallest absolute Gasteiger partial charge is 0.404 e. The Morgan fingerprint density at radius 3 is 2.74 bits per heavy atom. The molecule has 3 aromatic rings. The molecule has 1 aliphatic rings. The largest absolute Gasteiger partial charge is 0.465 e. The zero-order valence-electron chi connectivity index (χ0n) is 15.0. The molecule has 0 spiro atoms. The maximum absolute atomic E-state index is 10.7. The molecule has 0 saturated carbocycles. The van der Waals surface area contributed by atoms with Crippen LogP contribution in [0.2, 0.25) is 0 Å². The number of piperidine rings is 1. The van der Waals surface area contributed by atoms with Gasteiger partial charge >= 0.3 is 6.09 Å². The lowest BCUT2D eigenvalue weighted by atomic mass is 9.97. The Balaban J connectivity index is 1.53. The van der Waals surface area contributed by atoms with Gasteiger partial charge in [0.25, 0.3) is 0 Å². The fourth-order valence-corrected chi connectivity index (χ4v) is 3.67. The summed E-state index contributed by atoms with van der Waals surface area (Å²) in [5.41, 5.74) is 1.96. The minimum absolute atomic E-state index is 0.391. The second-order valence-electron chi connectivity index (χ2n) is 6.91. The predicted molar refractivity (Wildman–Crippen MR) is 106 cm³/mol. The van der Waals surface area contributed by atoms with Crippen molar-refractivity contribution in [2.24, 2.45) is 5.92 Å². The van der Waals surface area contributed by atoms with Gasteiger partial charge in [0.05, 0.1) is 5.69 Å². The standard InChI is InChI=1S/C21H22N4O2/c26-21(27)23-12-15-8-10-25(11-9-15)20-7-3-6-19(24-20)18-14-22-13-16-4-1-2-5-17(16)18/h1-7,13-15,23H,8-12H2,(H,26,27). The van der Waals surface area contributed by atoms with Gasteiger partial charge in [0.1, 0.15) is 5.82 Å². The molecule has 0 bridgehead atoms. The van der Waals surface area contributed by atoms with Crippen molar-refractivity contribution >= 4 is 22.7 Å². The summed E-state index contributed by atoms with van der Waals surface area (Å²) in [5.74, 6) is 1.35. The molecule has 1 fully saturated rings. The van der Waals surface area contributed by atoms with E-state index in [1.807, 2.05) is 42.7 Å². The zero-order chi connectivity index (χ0) is 18.6. The monoisotopic (exact) mass is 362 g/mol. The fraction of sp³-hybridized carbons (Fsp3) is 0.286. The van der Waals surface area contributed by atoms with Crippen molar-refractivity contribution in [1.82, 2.24) is 15.3 Å². The molecular weight excluding hydrogens is 340 g/mol. The van der Waals surface area contributed by atoms with Crippen LogP contribution in [-0.4, -0.2) is 40.8 Å². The molecule has 1 aromatic carbocycles. The topological polar surface area (TPSA) is 78.4 Å². The van der Waals surface area contributed by atoms with Crippen LogP contribution in [0.15, 0.2) is 54.9 Å². The maximum Gasteiger partial charge on any atom is 0.404 e. The lowest BCUT2D eigenvalue weighted by Crippen LogP contribution is -2.38. The molecule has 2 aromatic heterocycles. The van der Waals surface area contributed by atoms with E-state index in [0.717, 1.165) is 53.8 Å². The van der Waals surface area contributed by atoms with Crippen LogP contribution in [0, 0.1) is 5.92 Å². The number of anilines is 1. The Hall–Kier alpha value is -3.15. The highest BCUT2D eigenvalue weighted by Crippen LogP contribution is 2.28. The van der Waals surface area contributed by atoms with E-state index in [4.69, 9.17) is 10.1 Å². The molecule has 6 nitrogen and oxygen atoms in total. The first-order valence-corrected chi connectivity index (χ1v) is 9.22. The number of fused-ring (bicyclic) bond motifs is 1. The summed E-state index contributed by atoms with van der Waals surface area (Å²) in [4.78, 5) is 22.2. The highest BCUT2D eigenvalue weighted by molar-refractivity contribution is 5.94. The number of pyridine rings is 2. The van der Waals surface area contributed by atoms with Gasteiger partial charge in [0.2, 0.25) is 0 Å². The molecule has 0 radical (unpaired) electrons. The van der Waals surface area contributed by atoms with Gasteiger partial charge < -0.3 is 15.3 Å². The number of aromatic nitrogens is 2. The third-order valence-corrected chi connectivity index (χ3v) is 5.16. The summed E-state index contributed by atoms with van der Waals surface area (Å²) in [7, 11) is 0. The Labute approximate surface area is 157 Å². The van der Waals surface area contributed by atoms with Crippen molar-refractivity contribution in [3.05, 3.63) is 54.9 Å². The molecule has 1 amide bonds. The molecule has 27 heavy (non-hydrogen) atoms. The Kier molecular flexibility index (Phi) is 4.87. The SMILES string of the molecule is O=C(O)NCC1CCN(c2cccc(-c3cncc4ccccc34)n2)CC1. The van der Waals surface area contributed by atoms with Crippen LogP contribution >= 0.6 is 0 Å². The molecule has 0 unspecified atom stereocenters. The first-order valence-electron chi connectivity index (χ1n) is 9.22. The summed E-state index contributed by atoms with van der Waals surface area (Å²) in [6, 6.07) is 14.3. The number of carboxylic acid groups (broad SMARTS) is 1.